The van der Waals surface area contributed by atoms with Gasteiger partial charge in [-0.1, -0.05) is 12.8 Å². The molecule has 34 heavy (non-hydrogen) atoms. The highest BCUT2D eigenvalue weighted by Crippen LogP contribution is 2.38. The summed E-state index contributed by atoms with van der Waals surface area (Å²) in [5.74, 6) is 0.281. The van der Waals surface area contributed by atoms with Crippen LogP contribution in [0.3, 0.4) is 0 Å². The molecule has 16 heteroatoms. The van der Waals surface area contributed by atoms with Gasteiger partial charge in [-0.15, -0.1) is 11.6 Å². The van der Waals surface area contributed by atoms with E-state index in [1.54, 1.807) is 0 Å². The molecule has 1 amide bonds. The Morgan fingerprint density at radius 1 is 1.15 bits per heavy atom. The summed E-state index contributed by atoms with van der Waals surface area (Å²) in [4.78, 5) is 41.5. The fraction of sp³-hybridized carbons (Fsp3) is 0.667. The first-order valence-electron chi connectivity index (χ1n) is 10.7. The minimum Gasteiger partial charge on any atom is -0.387 e. The number of aliphatic hydroxyl groups is 2. The third kappa shape index (κ3) is 7.06. The van der Waals surface area contributed by atoms with Crippen LogP contribution in [-0.2, 0) is 18.6 Å². The Morgan fingerprint density at radius 2 is 1.88 bits per heavy atom. The summed E-state index contributed by atoms with van der Waals surface area (Å²) in [5.41, 5.74) is 0.784. The minimum absolute atomic E-state index is 0.0366. The van der Waals surface area contributed by atoms with Crippen molar-refractivity contribution < 1.29 is 38.6 Å². The van der Waals surface area contributed by atoms with Crippen molar-refractivity contribution in [2.75, 3.05) is 30.9 Å². The van der Waals surface area contributed by atoms with E-state index in [9.17, 15) is 19.6 Å². The Labute approximate surface area is 199 Å². The monoisotopic (exact) mass is 522 g/mol. The standard InChI is InChI=1S/C18H28ClN6O8P/c19-7-12(26)20-5-3-1-2-4-6-21-16-13-17(23-9-22-16)25(10-24-13)18-15(28)14(27)11(33-18)8-32-34(29,30)31/h9-11,14-15,18,27-28H,1-8H2,(H,20,26)(H,21,22,23)(H2,29,30,31)/t11-,14-,15-,18-/m1/s1. The van der Waals surface area contributed by atoms with Crippen LogP contribution in [0.25, 0.3) is 11.2 Å². The van der Waals surface area contributed by atoms with E-state index in [4.69, 9.17) is 26.1 Å². The number of rotatable bonds is 13. The molecule has 14 nitrogen and oxygen atoms in total. The van der Waals surface area contributed by atoms with Crippen LogP contribution in [0.2, 0.25) is 0 Å². The second-order valence-corrected chi connectivity index (χ2v) is 9.21. The van der Waals surface area contributed by atoms with Crippen molar-refractivity contribution >= 4 is 42.3 Å². The SMILES string of the molecule is O=C(CCl)NCCCCCCNc1ncnc2c1ncn2[C@@H]1O[C@H](COP(=O)(O)O)[C@@H](O)[C@H]1O. The van der Waals surface area contributed by atoms with Gasteiger partial charge >= 0.3 is 7.82 Å². The van der Waals surface area contributed by atoms with Gasteiger partial charge in [-0.3, -0.25) is 13.9 Å². The van der Waals surface area contributed by atoms with Gasteiger partial charge in [0.1, 0.15) is 30.5 Å². The average molecular weight is 523 g/mol. The van der Waals surface area contributed by atoms with Crippen LogP contribution in [0.4, 0.5) is 5.82 Å². The highest BCUT2D eigenvalue weighted by molar-refractivity contribution is 7.46. The molecule has 190 valence electrons. The number of anilines is 1. The number of aliphatic hydroxyl groups excluding tert-OH is 2. The van der Waals surface area contributed by atoms with Crippen molar-refractivity contribution in [2.45, 2.75) is 50.2 Å². The van der Waals surface area contributed by atoms with Crippen LogP contribution in [0, 0.1) is 0 Å². The van der Waals surface area contributed by atoms with Crippen LogP contribution < -0.4 is 10.6 Å². The number of amides is 1. The zero-order valence-corrected chi connectivity index (χ0v) is 19.8. The lowest BCUT2D eigenvalue weighted by Gasteiger charge is -2.16. The highest BCUT2D eigenvalue weighted by atomic mass is 35.5. The second kappa shape index (κ2) is 12.2. The summed E-state index contributed by atoms with van der Waals surface area (Å²) < 4.78 is 22.3. The third-order valence-electron chi connectivity index (χ3n) is 5.22. The highest BCUT2D eigenvalue weighted by Gasteiger charge is 2.45. The van der Waals surface area contributed by atoms with Crippen molar-refractivity contribution in [3.8, 4) is 0 Å². The molecule has 1 aliphatic heterocycles. The predicted molar refractivity (Wildman–Crippen MR) is 120 cm³/mol. The third-order valence-corrected chi connectivity index (χ3v) is 5.94. The van der Waals surface area contributed by atoms with Crippen LogP contribution in [-0.4, -0.2) is 89.3 Å². The number of hydrogen-bond donors (Lipinski definition) is 6. The number of carbonyl (C=O) groups is 1. The molecule has 3 heterocycles. The molecule has 1 fully saturated rings. The molecule has 0 spiro atoms. The number of phosphoric ester groups is 1. The Morgan fingerprint density at radius 3 is 2.59 bits per heavy atom. The maximum atomic E-state index is 11.1. The maximum Gasteiger partial charge on any atom is 0.469 e. The zero-order chi connectivity index (χ0) is 24.7. The van der Waals surface area contributed by atoms with Gasteiger partial charge in [0, 0.05) is 13.1 Å². The number of nitrogens with one attached hydrogen (secondary N) is 2. The summed E-state index contributed by atoms with van der Waals surface area (Å²) >= 11 is 5.42. The summed E-state index contributed by atoms with van der Waals surface area (Å²) in [5, 5.41) is 26.5. The number of hydrogen-bond acceptors (Lipinski definition) is 10. The molecule has 0 radical (unpaired) electrons. The number of ether oxygens (including phenoxy) is 1. The van der Waals surface area contributed by atoms with Gasteiger partial charge in [0.2, 0.25) is 5.91 Å². The van der Waals surface area contributed by atoms with E-state index in [1.165, 1.54) is 17.2 Å². The Balaban J connectivity index is 1.54. The van der Waals surface area contributed by atoms with E-state index in [0.29, 0.717) is 30.1 Å². The van der Waals surface area contributed by atoms with E-state index in [1.807, 2.05) is 0 Å². The molecular weight excluding hydrogens is 495 g/mol. The Kier molecular flexibility index (Phi) is 9.56. The lowest BCUT2D eigenvalue weighted by atomic mass is 10.1. The molecule has 1 aliphatic rings. The maximum absolute atomic E-state index is 11.1. The molecule has 0 saturated carbocycles. The molecule has 0 unspecified atom stereocenters. The number of alkyl halides is 1. The number of halogens is 1. The fourth-order valence-corrected chi connectivity index (χ4v) is 3.96. The van der Waals surface area contributed by atoms with E-state index in [0.717, 1.165) is 25.7 Å². The first-order chi connectivity index (χ1) is 16.2. The molecule has 1 saturated heterocycles. The molecule has 3 rings (SSSR count). The molecule has 2 aromatic rings. The van der Waals surface area contributed by atoms with Crippen molar-refractivity contribution in [3.63, 3.8) is 0 Å². The first kappa shape index (κ1) is 26.7. The fourth-order valence-electron chi connectivity index (χ4n) is 3.52. The molecule has 0 bridgehead atoms. The van der Waals surface area contributed by atoms with Crippen molar-refractivity contribution in [2.24, 2.45) is 0 Å². The Bertz CT molecular complexity index is 1010. The zero-order valence-electron chi connectivity index (χ0n) is 18.2. The van der Waals surface area contributed by atoms with Crippen LogP contribution in [0.15, 0.2) is 12.7 Å². The van der Waals surface area contributed by atoms with E-state index in [2.05, 4.69) is 30.1 Å². The minimum atomic E-state index is -4.76. The number of phosphoric acid groups is 1. The van der Waals surface area contributed by atoms with Gasteiger partial charge in [0.05, 0.1) is 12.9 Å². The van der Waals surface area contributed by atoms with E-state index < -0.39 is 39.0 Å². The average Bonchev–Trinajstić information content (AvgIpc) is 3.35. The predicted octanol–water partition coefficient (Wildman–Crippen LogP) is -0.118. The lowest BCUT2D eigenvalue weighted by Crippen LogP contribution is -2.33. The molecule has 6 N–H and O–H groups in total. The van der Waals surface area contributed by atoms with E-state index in [-0.39, 0.29) is 11.8 Å². The number of imidazole rings is 1. The van der Waals surface area contributed by atoms with Crippen LogP contribution in [0.5, 0.6) is 0 Å². The van der Waals surface area contributed by atoms with Gasteiger partial charge in [0.25, 0.3) is 0 Å². The smallest absolute Gasteiger partial charge is 0.387 e. The van der Waals surface area contributed by atoms with Gasteiger partial charge < -0.3 is 35.4 Å². The normalized spacial score (nSPS) is 22.9. The number of aromatic nitrogens is 4. The summed E-state index contributed by atoms with van der Waals surface area (Å²) in [7, 11) is -4.76. The molecule has 0 aliphatic carbocycles. The van der Waals surface area contributed by atoms with Crippen LogP contribution in [0.1, 0.15) is 31.9 Å². The topological polar surface area (TPSA) is 201 Å². The van der Waals surface area contributed by atoms with Crippen molar-refractivity contribution in [3.05, 3.63) is 12.7 Å². The number of nitrogens with zero attached hydrogens (tertiary/aromatic N) is 4. The number of carbonyl (C=O) groups excluding carboxylic acids is 1. The first-order valence-corrected chi connectivity index (χ1v) is 12.7. The van der Waals surface area contributed by atoms with Gasteiger partial charge in [0.15, 0.2) is 23.2 Å². The van der Waals surface area contributed by atoms with Gasteiger partial charge in [-0.05, 0) is 12.8 Å². The van der Waals surface area contributed by atoms with E-state index >= 15 is 0 Å². The Hall–Kier alpha value is -1.90. The second-order valence-electron chi connectivity index (χ2n) is 7.70. The quantitative estimate of drug-likeness (QED) is 0.116. The van der Waals surface area contributed by atoms with Gasteiger partial charge in [-0.25, -0.2) is 19.5 Å². The summed E-state index contributed by atoms with van der Waals surface area (Å²) in [6.07, 6.45) is 1.25. The van der Waals surface area contributed by atoms with Crippen molar-refractivity contribution in [1.29, 1.82) is 0 Å². The lowest BCUT2D eigenvalue weighted by molar-refractivity contribution is -0.118. The summed E-state index contributed by atoms with van der Waals surface area (Å²) in [6, 6.07) is 0. The molecule has 4 atom stereocenters. The van der Waals surface area contributed by atoms with Crippen molar-refractivity contribution in [1.82, 2.24) is 24.8 Å². The van der Waals surface area contributed by atoms with Crippen LogP contribution >= 0.6 is 19.4 Å². The molecule has 2 aromatic heterocycles. The molecular formula is C18H28ClN6O8P. The number of fused-ring (bicyclic) bond motifs is 1. The summed E-state index contributed by atoms with van der Waals surface area (Å²) in [6.45, 7) is 0.627. The number of unbranched alkanes of at least 4 members (excludes halogenated alkanes) is 3. The largest absolute Gasteiger partial charge is 0.469 e. The molecule has 0 aromatic carbocycles. The van der Waals surface area contributed by atoms with Gasteiger partial charge in [-0.2, -0.15) is 0 Å².